The van der Waals surface area contributed by atoms with Gasteiger partial charge in [0.05, 0.1) is 22.1 Å². The summed E-state index contributed by atoms with van der Waals surface area (Å²) in [6.45, 7) is 15.3. The molecule has 0 spiro atoms. The van der Waals surface area contributed by atoms with Crippen LogP contribution >= 0.6 is 0 Å². The van der Waals surface area contributed by atoms with Crippen molar-refractivity contribution in [1.29, 1.82) is 0 Å². The number of rotatable bonds is 9. The molecule has 0 saturated carbocycles. The van der Waals surface area contributed by atoms with Crippen LogP contribution in [0.25, 0.3) is 66.6 Å². The smallest absolute Gasteiger partial charge is 0.139 e. The van der Waals surface area contributed by atoms with Gasteiger partial charge >= 0.3 is 0 Å². The number of H-pyrrole nitrogens is 2. The second kappa shape index (κ2) is 14.9. The highest BCUT2D eigenvalue weighted by atomic mass is 15.3. The molecule has 3 saturated heterocycles. The standard InChI is InChI=1S/C45H55N11/c1-50-17-23-53(24-18-50)15-4-5-16-56-41-14-9-32(44-46-37-12-10-33(30-39(37)48-44)54-25-19-51(2)20-26-54)29-36(41)43-35(7-6-8-42(43)56)45-47-38-13-11-34(31-40(38)49-45)55-27-21-52(3)22-28-55/h6-14,29-31H,4-5,15-28H2,1-3H3,(H,46,48)(H,47,49). The topological polar surface area (TPSA) is 81.7 Å². The molecule has 3 fully saturated rings. The van der Waals surface area contributed by atoms with Crippen LogP contribution in [0.4, 0.5) is 11.4 Å². The zero-order valence-electron chi connectivity index (χ0n) is 33.3. The molecule has 0 aliphatic carbocycles. The van der Waals surface area contributed by atoms with Crippen LogP contribution in [-0.2, 0) is 6.54 Å². The van der Waals surface area contributed by atoms with Crippen LogP contribution in [0.3, 0.4) is 0 Å². The summed E-state index contributed by atoms with van der Waals surface area (Å²) >= 11 is 0. The number of anilines is 2. The summed E-state index contributed by atoms with van der Waals surface area (Å²) in [4.78, 5) is 32.7. The minimum absolute atomic E-state index is 0.906. The van der Waals surface area contributed by atoms with Gasteiger partial charge in [-0.1, -0.05) is 12.1 Å². The van der Waals surface area contributed by atoms with Crippen LogP contribution in [0.5, 0.6) is 0 Å². The van der Waals surface area contributed by atoms with Crippen molar-refractivity contribution in [1.82, 2.24) is 44.1 Å². The van der Waals surface area contributed by atoms with E-state index in [1.807, 2.05) is 0 Å². The third kappa shape index (κ3) is 6.80. The fourth-order valence-corrected chi connectivity index (χ4v) is 9.19. The van der Waals surface area contributed by atoms with E-state index in [0.717, 1.165) is 117 Å². The van der Waals surface area contributed by atoms with Crippen molar-refractivity contribution < 1.29 is 0 Å². The molecule has 290 valence electrons. The highest BCUT2D eigenvalue weighted by Gasteiger charge is 2.21. The van der Waals surface area contributed by atoms with Gasteiger partial charge in [0.15, 0.2) is 0 Å². The Bertz CT molecular complexity index is 2490. The van der Waals surface area contributed by atoms with Crippen LogP contribution in [0.15, 0.2) is 72.8 Å². The number of imidazole rings is 2. The van der Waals surface area contributed by atoms with Crippen LogP contribution in [0.1, 0.15) is 12.8 Å². The summed E-state index contributed by atoms with van der Waals surface area (Å²) < 4.78 is 2.55. The molecule has 3 aliphatic rings. The number of unbranched alkanes of at least 4 members (excludes halogenated alkanes) is 1. The Balaban J connectivity index is 1.02. The zero-order valence-corrected chi connectivity index (χ0v) is 33.3. The Hall–Kier alpha value is -4.94. The maximum Gasteiger partial charge on any atom is 0.139 e. The second-order valence-electron chi connectivity index (χ2n) is 16.6. The maximum atomic E-state index is 5.21. The van der Waals surface area contributed by atoms with E-state index in [9.17, 15) is 0 Å². The number of fused-ring (bicyclic) bond motifs is 5. The Morgan fingerprint density at radius 2 is 1.11 bits per heavy atom. The number of benzene rings is 4. The predicted octanol–water partition coefficient (Wildman–Crippen LogP) is 6.41. The number of nitrogens with one attached hydrogen (secondary N) is 2. The highest BCUT2D eigenvalue weighted by molar-refractivity contribution is 6.15. The highest BCUT2D eigenvalue weighted by Crippen LogP contribution is 2.39. The fourth-order valence-electron chi connectivity index (χ4n) is 9.19. The van der Waals surface area contributed by atoms with Crippen molar-refractivity contribution >= 4 is 55.2 Å². The van der Waals surface area contributed by atoms with E-state index < -0.39 is 0 Å². The minimum Gasteiger partial charge on any atom is -0.369 e. The zero-order chi connectivity index (χ0) is 37.8. The lowest BCUT2D eigenvalue weighted by molar-refractivity contribution is 0.152. The van der Waals surface area contributed by atoms with E-state index in [1.165, 1.54) is 65.8 Å². The molecule has 7 aromatic rings. The van der Waals surface area contributed by atoms with Crippen molar-refractivity contribution in [2.75, 3.05) is 116 Å². The summed E-state index contributed by atoms with van der Waals surface area (Å²) in [6.07, 6.45) is 2.33. The summed E-state index contributed by atoms with van der Waals surface area (Å²) in [5, 5.41) is 2.49. The molecule has 0 atom stereocenters. The van der Waals surface area contributed by atoms with E-state index in [4.69, 9.17) is 9.97 Å². The lowest BCUT2D eigenvalue weighted by atomic mass is 10.0. The Kier molecular flexibility index (Phi) is 9.41. The van der Waals surface area contributed by atoms with Crippen LogP contribution in [0, 0.1) is 0 Å². The number of hydrogen-bond donors (Lipinski definition) is 2. The first-order valence-electron chi connectivity index (χ1n) is 20.8. The van der Waals surface area contributed by atoms with Gasteiger partial charge in [-0.05, 0) is 101 Å². The maximum absolute atomic E-state index is 5.21. The van der Waals surface area contributed by atoms with Crippen molar-refractivity contribution in [3.8, 4) is 22.8 Å². The Morgan fingerprint density at radius 1 is 0.536 bits per heavy atom. The van der Waals surface area contributed by atoms with Gasteiger partial charge < -0.3 is 43.9 Å². The number of piperazine rings is 3. The SMILES string of the molecule is CN1CCN(CCCCn2c3ccc(-c4nc5ccc(N6CCN(C)CC6)cc5[nH]4)cc3c3c(-c4nc5ccc(N6CCN(C)CC6)cc5[nH]4)cccc32)CC1. The molecule has 2 N–H and O–H groups in total. The number of nitrogens with zero attached hydrogens (tertiary/aromatic N) is 9. The van der Waals surface area contributed by atoms with Gasteiger partial charge in [0.1, 0.15) is 11.6 Å². The van der Waals surface area contributed by atoms with Gasteiger partial charge in [-0.15, -0.1) is 0 Å². The first-order valence-corrected chi connectivity index (χ1v) is 20.8. The van der Waals surface area contributed by atoms with Gasteiger partial charge in [-0.25, -0.2) is 9.97 Å². The average molecular weight is 750 g/mol. The Labute approximate surface area is 329 Å². The molecule has 10 rings (SSSR count). The quantitative estimate of drug-likeness (QED) is 0.164. The van der Waals surface area contributed by atoms with Gasteiger partial charge in [0, 0.05) is 129 Å². The van der Waals surface area contributed by atoms with E-state index in [0.29, 0.717) is 0 Å². The van der Waals surface area contributed by atoms with Crippen molar-refractivity contribution in [2.45, 2.75) is 19.4 Å². The molecule has 11 nitrogen and oxygen atoms in total. The molecule has 3 aliphatic heterocycles. The summed E-state index contributed by atoms with van der Waals surface area (Å²) in [5.74, 6) is 1.82. The molecular weight excluding hydrogens is 695 g/mol. The van der Waals surface area contributed by atoms with Crippen LogP contribution in [0.2, 0.25) is 0 Å². The third-order valence-electron chi connectivity index (χ3n) is 12.8. The molecule has 11 heteroatoms. The molecule has 6 heterocycles. The minimum atomic E-state index is 0.906. The normalized spacial score (nSPS) is 18.4. The third-order valence-corrected chi connectivity index (χ3v) is 12.8. The number of hydrogen-bond acceptors (Lipinski definition) is 8. The van der Waals surface area contributed by atoms with Crippen molar-refractivity contribution in [3.63, 3.8) is 0 Å². The molecule has 4 aromatic carbocycles. The molecule has 0 radical (unpaired) electrons. The van der Waals surface area contributed by atoms with Gasteiger partial charge in [-0.2, -0.15) is 0 Å². The largest absolute Gasteiger partial charge is 0.369 e. The lowest BCUT2D eigenvalue weighted by Gasteiger charge is -2.34. The predicted molar refractivity (Wildman–Crippen MR) is 232 cm³/mol. The monoisotopic (exact) mass is 749 g/mol. The number of aryl methyl sites for hydroxylation is 1. The summed E-state index contributed by atoms with van der Waals surface area (Å²) in [7, 11) is 6.64. The molecule has 56 heavy (non-hydrogen) atoms. The van der Waals surface area contributed by atoms with E-state index in [1.54, 1.807) is 0 Å². The molecule has 0 amide bonds. The fraction of sp³-hybridized carbons (Fsp3) is 0.422. The van der Waals surface area contributed by atoms with Gasteiger partial charge in [0.2, 0.25) is 0 Å². The van der Waals surface area contributed by atoms with Crippen LogP contribution in [-0.4, -0.2) is 150 Å². The number of aromatic nitrogens is 5. The average Bonchev–Trinajstić information content (AvgIpc) is 3.94. The van der Waals surface area contributed by atoms with E-state index in [-0.39, 0.29) is 0 Å². The first kappa shape index (κ1) is 35.5. The summed E-state index contributed by atoms with van der Waals surface area (Å²) in [5.41, 5.74) is 11.4. The Morgan fingerprint density at radius 3 is 1.75 bits per heavy atom. The first-order chi connectivity index (χ1) is 27.4. The number of aromatic amines is 2. The van der Waals surface area contributed by atoms with Crippen LogP contribution < -0.4 is 9.80 Å². The van der Waals surface area contributed by atoms with Gasteiger partial charge in [0.25, 0.3) is 0 Å². The second-order valence-corrected chi connectivity index (χ2v) is 16.6. The summed E-state index contributed by atoms with van der Waals surface area (Å²) in [6, 6.07) is 27.1. The lowest BCUT2D eigenvalue weighted by Crippen LogP contribution is -2.44. The molecule has 0 unspecified atom stereocenters. The van der Waals surface area contributed by atoms with Gasteiger partial charge in [-0.3, -0.25) is 0 Å². The number of likely N-dealkylation sites (N-methyl/N-ethyl adjacent to an activating group) is 3. The van der Waals surface area contributed by atoms with E-state index in [2.05, 4.69) is 138 Å². The van der Waals surface area contributed by atoms with E-state index >= 15 is 0 Å². The molecular formula is C45H55N11. The molecule has 0 bridgehead atoms. The van der Waals surface area contributed by atoms with Crippen molar-refractivity contribution in [2.24, 2.45) is 0 Å². The van der Waals surface area contributed by atoms with Crippen molar-refractivity contribution in [3.05, 3.63) is 72.8 Å². The molecule has 3 aromatic heterocycles.